The van der Waals surface area contributed by atoms with E-state index >= 15 is 0 Å². The quantitative estimate of drug-likeness (QED) is 0.818. The van der Waals surface area contributed by atoms with E-state index in [4.69, 9.17) is 9.47 Å². The zero-order valence-corrected chi connectivity index (χ0v) is 15.1. The summed E-state index contributed by atoms with van der Waals surface area (Å²) < 4.78 is 11.8. The molecule has 0 aliphatic rings. The largest absolute Gasteiger partial charge is 0.493 e. The van der Waals surface area contributed by atoms with E-state index in [1.165, 1.54) is 9.75 Å². The first-order valence-electron chi connectivity index (χ1n) is 6.81. The van der Waals surface area contributed by atoms with Gasteiger partial charge in [-0.2, -0.15) is 0 Å². The monoisotopic (exact) mass is 369 g/mol. The molecule has 114 valence electrons. The molecule has 0 saturated heterocycles. The van der Waals surface area contributed by atoms with Crippen LogP contribution < -0.4 is 14.8 Å². The van der Waals surface area contributed by atoms with Gasteiger partial charge < -0.3 is 14.8 Å². The van der Waals surface area contributed by atoms with Gasteiger partial charge in [-0.3, -0.25) is 0 Å². The molecule has 0 amide bonds. The lowest BCUT2D eigenvalue weighted by molar-refractivity contribution is 0.354. The van der Waals surface area contributed by atoms with Crippen molar-refractivity contribution in [2.45, 2.75) is 19.4 Å². The third-order valence-electron chi connectivity index (χ3n) is 3.42. The summed E-state index contributed by atoms with van der Waals surface area (Å²) in [7, 11) is 5.27. The van der Waals surface area contributed by atoms with Crippen molar-refractivity contribution in [1.82, 2.24) is 5.32 Å². The van der Waals surface area contributed by atoms with E-state index in [1.54, 1.807) is 14.2 Å². The number of thiophene rings is 1. The molecule has 0 saturated carbocycles. The third-order valence-corrected chi connectivity index (χ3v) is 5.40. The van der Waals surface area contributed by atoms with Gasteiger partial charge in [0.15, 0.2) is 11.5 Å². The molecule has 2 aromatic rings. The van der Waals surface area contributed by atoms with E-state index in [1.807, 2.05) is 30.5 Å². The van der Waals surface area contributed by atoms with Crippen molar-refractivity contribution in [3.8, 4) is 11.5 Å². The maximum absolute atomic E-state index is 5.42. The molecular formula is C16H20BrNO2S. The van der Waals surface area contributed by atoms with Gasteiger partial charge >= 0.3 is 0 Å². The van der Waals surface area contributed by atoms with E-state index in [0.717, 1.165) is 28.0 Å². The molecule has 0 bridgehead atoms. The zero-order valence-electron chi connectivity index (χ0n) is 12.7. The first-order chi connectivity index (χ1) is 10.1. The first-order valence-corrected chi connectivity index (χ1v) is 8.42. The van der Waals surface area contributed by atoms with Crippen LogP contribution in [0.25, 0.3) is 0 Å². The maximum atomic E-state index is 5.42. The summed E-state index contributed by atoms with van der Waals surface area (Å²) in [5, 5.41) is 3.39. The predicted octanol–water partition coefficient (Wildman–Crippen LogP) is 4.40. The second-order valence-electron chi connectivity index (χ2n) is 4.61. The number of rotatable bonds is 6. The number of hydrogen-bond acceptors (Lipinski definition) is 4. The van der Waals surface area contributed by atoms with Gasteiger partial charge in [0.2, 0.25) is 0 Å². The number of methoxy groups -OCH3 is 2. The number of benzene rings is 1. The molecule has 0 aliphatic heterocycles. The van der Waals surface area contributed by atoms with E-state index in [0.29, 0.717) is 0 Å². The minimum Gasteiger partial charge on any atom is -0.493 e. The number of halogens is 1. The second-order valence-corrected chi connectivity index (χ2v) is 6.66. The van der Waals surface area contributed by atoms with Crippen molar-refractivity contribution >= 4 is 27.3 Å². The Morgan fingerprint density at radius 3 is 2.38 bits per heavy atom. The highest BCUT2D eigenvalue weighted by Gasteiger charge is 2.20. The topological polar surface area (TPSA) is 30.5 Å². The molecule has 5 heteroatoms. The average Bonchev–Trinajstić information content (AvgIpc) is 2.98. The third kappa shape index (κ3) is 3.42. The molecule has 1 atom stereocenters. The van der Waals surface area contributed by atoms with Gasteiger partial charge in [-0.15, -0.1) is 11.3 Å². The Hall–Kier alpha value is -1.04. The Kier molecular flexibility index (Phi) is 5.67. The van der Waals surface area contributed by atoms with Gasteiger partial charge in [-0.05, 0) is 43.3 Å². The van der Waals surface area contributed by atoms with Gasteiger partial charge in [0.25, 0.3) is 0 Å². The van der Waals surface area contributed by atoms with Gasteiger partial charge in [-0.1, -0.05) is 22.9 Å². The predicted molar refractivity (Wildman–Crippen MR) is 91.8 cm³/mol. The number of hydrogen-bond donors (Lipinski definition) is 1. The van der Waals surface area contributed by atoms with Crippen molar-refractivity contribution in [2.24, 2.45) is 0 Å². The molecule has 1 aromatic carbocycles. The number of aryl methyl sites for hydroxylation is 1. The smallest absolute Gasteiger partial charge is 0.161 e. The normalized spacial score (nSPS) is 12.2. The molecule has 0 radical (unpaired) electrons. The minimum absolute atomic E-state index is 0.129. The molecule has 0 fully saturated rings. The van der Waals surface area contributed by atoms with Crippen LogP contribution in [0, 0.1) is 0 Å². The molecule has 1 N–H and O–H groups in total. The van der Waals surface area contributed by atoms with Gasteiger partial charge in [0.05, 0.1) is 20.3 Å². The lowest BCUT2D eigenvalue weighted by atomic mass is 10.0. The standard InChI is InChI=1S/C16H20BrNO2S/c1-5-10-6-7-15(21-10)16(18-2)11-8-13(19-3)14(20-4)9-12(11)17/h6-9,16,18H,5H2,1-4H3. The fourth-order valence-electron chi connectivity index (χ4n) is 2.28. The van der Waals surface area contributed by atoms with Gasteiger partial charge in [0, 0.05) is 14.2 Å². The fraction of sp³-hybridized carbons (Fsp3) is 0.375. The summed E-state index contributed by atoms with van der Waals surface area (Å²) in [4.78, 5) is 2.68. The van der Waals surface area contributed by atoms with E-state index in [2.05, 4.69) is 40.3 Å². The highest BCUT2D eigenvalue weighted by Crippen LogP contribution is 2.39. The van der Waals surface area contributed by atoms with Crippen molar-refractivity contribution in [2.75, 3.05) is 21.3 Å². The number of nitrogens with one attached hydrogen (secondary N) is 1. The van der Waals surface area contributed by atoms with Crippen LogP contribution in [0.4, 0.5) is 0 Å². The summed E-state index contributed by atoms with van der Waals surface area (Å²) in [6.07, 6.45) is 1.06. The first kappa shape index (κ1) is 16.3. The Morgan fingerprint density at radius 1 is 1.19 bits per heavy atom. The number of ether oxygens (including phenoxy) is 2. The minimum atomic E-state index is 0.129. The molecule has 0 aliphatic carbocycles. The van der Waals surface area contributed by atoms with E-state index < -0.39 is 0 Å². The van der Waals surface area contributed by atoms with Crippen LogP contribution in [0.3, 0.4) is 0 Å². The van der Waals surface area contributed by atoms with Crippen molar-refractivity contribution in [3.63, 3.8) is 0 Å². The van der Waals surface area contributed by atoms with Crippen LogP contribution in [-0.4, -0.2) is 21.3 Å². The van der Waals surface area contributed by atoms with E-state index in [9.17, 15) is 0 Å². The maximum Gasteiger partial charge on any atom is 0.161 e. The molecule has 1 aromatic heterocycles. The Morgan fingerprint density at radius 2 is 1.86 bits per heavy atom. The SMILES string of the molecule is CCc1ccc(C(NC)c2cc(OC)c(OC)cc2Br)s1. The Labute approximate surface area is 138 Å². The molecule has 3 nitrogen and oxygen atoms in total. The molecule has 1 heterocycles. The van der Waals surface area contributed by atoms with Crippen LogP contribution in [0.15, 0.2) is 28.7 Å². The summed E-state index contributed by atoms with van der Waals surface area (Å²) in [6, 6.07) is 8.49. The van der Waals surface area contributed by atoms with Crippen LogP contribution in [-0.2, 0) is 6.42 Å². The molecule has 1 unspecified atom stereocenters. The van der Waals surface area contributed by atoms with Crippen LogP contribution in [0.2, 0.25) is 0 Å². The summed E-state index contributed by atoms with van der Waals surface area (Å²) in [5.41, 5.74) is 1.14. The summed E-state index contributed by atoms with van der Waals surface area (Å²) in [5.74, 6) is 1.46. The zero-order chi connectivity index (χ0) is 15.4. The lowest BCUT2D eigenvalue weighted by Gasteiger charge is -2.19. The van der Waals surface area contributed by atoms with Crippen LogP contribution >= 0.6 is 27.3 Å². The lowest BCUT2D eigenvalue weighted by Crippen LogP contribution is -2.17. The Bertz CT molecular complexity index is 612. The van der Waals surface area contributed by atoms with Crippen LogP contribution in [0.1, 0.15) is 28.3 Å². The van der Waals surface area contributed by atoms with Gasteiger partial charge in [-0.25, -0.2) is 0 Å². The molecule has 0 spiro atoms. The van der Waals surface area contributed by atoms with Crippen molar-refractivity contribution in [3.05, 3.63) is 44.1 Å². The summed E-state index contributed by atoms with van der Waals surface area (Å²) in [6.45, 7) is 2.18. The molecule has 21 heavy (non-hydrogen) atoms. The van der Waals surface area contributed by atoms with E-state index in [-0.39, 0.29) is 6.04 Å². The molecule has 2 rings (SSSR count). The van der Waals surface area contributed by atoms with Crippen molar-refractivity contribution < 1.29 is 9.47 Å². The average molecular weight is 370 g/mol. The highest BCUT2D eigenvalue weighted by atomic mass is 79.9. The highest BCUT2D eigenvalue weighted by molar-refractivity contribution is 9.10. The molecular weight excluding hydrogens is 350 g/mol. The van der Waals surface area contributed by atoms with Crippen molar-refractivity contribution in [1.29, 1.82) is 0 Å². The van der Waals surface area contributed by atoms with Gasteiger partial charge in [0.1, 0.15) is 0 Å². The second kappa shape index (κ2) is 7.29. The summed E-state index contributed by atoms with van der Waals surface area (Å²) >= 11 is 5.48. The fourth-order valence-corrected chi connectivity index (χ4v) is 3.92. The van der Waals surface area contributed by atoms with Crippen LogP contribution in [0.5, 0.6) is 11.5 Å². The Balaban J connectivity index is 2.46.